The zero-order valence-electron chi connectivity index (χ0n) is 12.5. The van der Waals surface area contributed by atoms with Crippen LogP contribution in [0.15, 0.2) is 30.3 Å². The van der Waals surface area contributed by atoms with Gasteiger partial charge in [-0.05, 0) is 17.9 Å². The van der Waals surface area contributed by atoms with Crippen molar-refractivity contribution in [1.29, 1.82) is 0 Å². The fourth-order valence-corrected chi connectivity index (χ4v) is 2.86. The molecule has 1 saturated carbocycles. The van der Waals surface area contributed by atoms with E-state index in [-0.39, 0.29) is 24.9 Å². The summed E-state index contributed by atoms with van der Waals surface area (Å²) in [5.74, 6) is 0.639. The van der Waals surface area contributed by atoms with Crippen molar-refractivity contribution in [2.24, 2.45) is 11.8 Å². The normalized spacial score (nSPS) is 21.6. The Morgan fingerprint density at radius 3 is 2.62 bits per heavy atom. The molecule has 1 N–H and O–H groups in total. The molecular formula is C17H23NO3. The van der Waals surface area contributed by atoms with Gasteiger partial charge in [-0.25, -0.2) is 4.79 Å². The molecular weight excluding hydrogens is 266 g/mol. The van der Waals surface area contributed by atoms with E-state index in [2.05, 4.69) is 12.2 Å². The fourth-order valence-electron chi connectivity index (χ4n) is 2.86. The van der Waals surface area contributed by atoms with Crippen LogP contribution in [-0.2, 0) is 16.1 Å². The number of Topliss-reactive ketones (excluding diaryl/α,β-unsaturated/α-hetero) is 1. The Hall–Kier alpha value is -1.84. The molecule has 0 spiro atoms. The summed E-state index contributed by atoms with van der Waals surface area (Å²) in [5.41, 5.74) is 0.930. The predicted octanol–water partition coefficient (Wildman–Crippen LogP) is 3.31. The van der Waals surface area contributed by atoms with E-state index < -0.39 is 6.09 Å². The van der Waals surface area contributed by atoms with E-state index in [4.69, 9.17) is 4.74 Å². The van der Waals surface area contributed by atoms with Crippen LogP contribution < -0.4 is 5.32 Å². The number of alkyl carbamates (subject to hydrolysis) is 1. The van der Waals surface area contributed by atoms with Crippen LogP contribution in [0.2, 0.25) is 0 Å². The van der Waals surface area contributed by atoms with Crippen LogP contribution >= 0.6 is 0 Å². The number of carbonyl (C=O) groups is 2. The van der Waals surface area contributed by atoms with Crippen molar-refractivity contribution in [2.75, 3.05) is 6.54 Å². The van der Waals surface area contributed by atoms with Crippen LogP contribution in [-0.4, -0.2) is 18.4 Å². The number of ketones is 1. The minimum atomic E-state index is -0.532. The lowest BCUT2D eigenvalue weighted by molar-refractivity contribution is -0.124. The van der Waals surface area contributed by atoms with Crippen LogP contribution in [0.5, 0.6) is 0 Å². The fraction of sp³-hybridized carbons (Fsp3) is 0.529. The van der Waals surface area contributed by atoms with Crippen molar-refractivity contribution in [3.05, 3.63) is 35.9 Å². The molecule has 2 rings (SSSR count). The van der Waals surface area contributed by atoms with Gasteiger partial charge in [0.25, 0.3) is 0 Å². The first-order valence-corrected chi connectivity index (χ1v) is 7.64. The summed E-state index contributed by atoms with van der Waals surface area (Å²) in [5, 5.41) is 2.56. The molecule has 1 aliphatic carbocycles. The van der Waals surface area contributed by atoms with Gasteiger partial charge in [0.15, 0.2) is 5.78 Å². The highest BCUT2D eigenvalue weighted by Gasteiger charge is 2.27. The lowest BCUT2D eigenvalue weighted by atomic mass is 9.78. The van der Waals surface area contributed by atoms with E-state index in [9.17, 15) is 9.59 Å². The van der Waals surface area contributed by atoms with E-state index in [0.29, 0.717) is 5.92 Å². The van der Waals surface area contributed by atoms with Crippen LogP contribution in [0.25, 0.3) is 0 Å². The molecule has 0 bridgehead atoms. The van der Waals surface area contributed by atoms with E-state index in [1.54, 1.807) is 0 Å². The van der Waals surface area contributed by atoms with Crippen LogP contribution in [0, 0.1) is 11.8 Å². The van der Waals surface area contributed by atoms with Gasteiger partial charge in [0.05, 0.1) is 6.54 Å². The van der Waals surface area contributed by atoms with Crippen LogP contribution in [0.4, 0.5) is 4.79 Å². The lowest BCUT2D eigenvalue weighted by Gasteiger charge is -2.27. The number of nitrogens with one attached hydrogen (secondary N) is 1. The number of ether oxygens (including phenoxy) is 1. The molecule has 0 saturated heterocycles. The average molecular weight is 289 g/mol. The summed E-state index contributed by atoms with van der Waals surface area (Å²) in [6, 6.07) is 9.48. The monoisotopic (exact) mass is 289 g/mol. The number of benzene rings is 1. The number of hydrogen-bond donors (Lipinski definition) is 1. The number of rotatable bonds is 5. The Morgan fingerprint density at radius 2 is 1.90 bits per heavy atom. The number of hydrogen-bond acceptors (Lipinski definition) is 3. The van der Waals surface area contributed by atoms with E-state index in [0.717, 1.165) is 24.8 Å². The highest BCUT2D eigenvalue weighted by atomic mass is 16.5. The number of amides is 1. The molecule has 114 valence electrons. The first-order chi connectivity index (χ1) is 10.2. The summed E-state index contributed by atoms with van der Waals surface area (Å²) in [7, 11) is 0. The Balaban J connectivity index is 1.69. The third kappa shape index (κ3) is 4.88. The standard InChI is InChI=1S/C17H23NO3/c1-13-7-5-6-10-15(13)16(19)11-18-17(20)21-12-14-8-3-2-4-9-14/h2-4,8-9,13,15H,5-7,10-12H2,1H3,(H,18,20). The largest absolute Gasteiger partial charge is 0.445 e. The van der Waals surface area contributed by atoms with Gasteiger partial charge in [0, 0.05) is 5.92 Å². The molecule has 2 unspecified atom stereocenters. The van der Waals surface area contributed by atoms with Gasteiger partial charge in [-0.1, -0.05) is 56.5 Å². The maximum Gasteiger partial charge on any atom is 0.407 e. The minimum Gasteiger partial charge on any atom is -0.445 e. The maximum absolute atomic E-state index is 12.1. The second-order valence-corrected chi connectivity index (χ2v) is 5.75. The van der Waals surface area contributed by atoms with Gasteiger partial charge in [-0.3, -0.25) is 4.79 Å². The van der Waals surface area contributed by atoms with Gasteiger partial charge in [-0.2, -0.15) is 0 Å². The number of carbonyl (C=O) groups excluding carboxylic acids is 2. The lowest BCUT2D eigenvalue weighted by Crippen LogP contribution is -2.36. The van der Waals surface area contributed by atoms with E-state index in [1.807, 2.05) is 30.3 Å². The molecule has 1 aromatic rings. The molecule has 1 fully saturated rings. The summed E-state index contributed by atoms with van der Waals surface area (Å²) < 4.78 is 5.09. The Labute approximate surface area is 125 Å². The minimum absolute atomic E-state index is 0.0721. The first kappa shape index (κ1) is 15.5. The molecule has 1 amide bonds. The summed E-state index contributed by atoms with van der Waals surface area (Å²) in [6.45, 7) is 2.42. The maximum atomic E-state index is 12.1. The summed E-state index contributed by atoms with van der Waals surface area (Å²) >= 11 is 0. The molecule has 4 nitrogen and oxygen atoms in total. The van der Waals surface area contributed by atoms with Crippen molar-refractivity contribution in [2.45, 2.75) is 39.2 Å². The van der Waals surface area contributed by atoms with Crippen LogP contribution in [0.1, 0.15) is 38.2 Å². The molecule has 0 radical (unpaired) electrons. The van der Waals surface area contributed by atoms with Gasteiger partial charge in [-0.15, -0.1) is 0 Å². The van der Waals surface area contributed by atoms with E-state index >= 15 is 0 Å². The summed E-state index contributed by atoms with van der Waals surface area (Å²) in [4.78, 5) is 23.7. The SMILES string of the molecule is CC1CCCCC1C(=O)CNC(=O)OCc1ccccc1. The second kappa shape index (κ2) is 7.81. The van der Waals surface area contributed by atoms with Gasteiger partial charge >= 0.3 is 6.09 Å². The molecule has 0 aliphatic heterocycles. The quantitative estimate of drug-likeness (QED) is 0.904. The van der Waals surface area contributed by atoms with Crippen molar-refractivity contribution in [1.82, 2.24) is 5.32 Å². The zero-order chi connectivity index (χ0) is 15.1. The zero-order valence-corrected chi connectivity index (χ0v) is 12.5. The molecule has 1 aromatic carbocycles. The highest BCUT2D eigenvalue weighted by molar-refractivity contribution is 5.86. The first-order valence-electron chi connectivity index (χ1n) is 7.64. The average Bonchev–Trinajstić information content (AvgIpc) is 2.52. The van der Waals surface area contributed by atoms with Crippen molar-refractivity contribution < 1.29 is 14.3 Å². The van der Waals surface area contributed by atoms with Crippen molar-refractivity contribution in [3.63, 3.8) is 0 Å². The second-order valence-electron chi connectivity index (χ2n) is 5.75. The predicted molar refractivity (Wildman–Crippen MR) is 80.8 cm³/mol. The van der Waals surface area contributed by atoms with Gasteiger partial charge < -0.3 is 10.1 Å². The van der Waals surface area contributed by atoms with E-state index in [1.165, 1.54) is 6.42 Å². The Morgan fingerprint density at radius 1 is 1.19 bits per heavy atom. The smallest absolute Gasteiger partial charge is 0.407 e. The Kier molecular flexibility index (Phi) is 5.78. The molecule has 21 heavy (non-hydrogen) atoms. The topological polar surface area (TPSA) is 55.4 Å². The molecule has 4 heteroatoms. The molecule has 0 aromatic heterocycles. The highest BCUT2D eigenvalue weighted by Crippen LogP contribution is 2.29. The van der Waals surface area contributed by atoms with Crippen LogP contribution in [0.3, 0.4) is 0 Å². The third-order valence-corrected chi connectivity index (χ3v) is 4.14. The van der Waals surface area contributed by atoms with Crippen molar-refractivity contribution in [3.8, 4) is 0 Å². The van der Waals surface area contributed by atoms with Gasteiger partial charge in [0.1, 0.15) is 6.61 Å². The third-order valence-electron chi connectivity index (χ3n) is 4.14. The molecule has 2 atom stereocenters. The molecule has 0 heterocycles. The van der Waals surface area contributed by atoms with Crippen molar-refractivity contribution >= 4 is 11.9 Å². The summed E-state index contributed by atoms with van der Waals surface area (Å²) in [6.07, 6.45) is 3.84. The molecule has 1 aliphatic rings. The van der Waals surface area contributed by atoms with Gasteiger partial charge in [0.2, 0.25) is 0 Å². The Bertz CT molecular complexity index is 472.